The largest absolute Gasteiger partial charge is 0.493 e. The molecular weight excluding hydrogens is 346 g/mol. The molecule has 0 unspecified atom stereocenters. The van der Waals surface area contributed by atoms with Crippen LogP contribution in [0.2, 0.25) is 0 Å². The summed E-state index contributed by atoms with van der Waals surface area (Å²) in [5, 5.41) is 3.99. The van der Waals surface area contributed by atoms with Crippen molar-refractivity contribution in [3.63, 3.8) is 0 Å². The SMILES string of the molecule is COc1cc(/C=C/c2nc(C3(N)CCC3)no2)cc2c1OCCO2.Cl. The Bertz CT molecular complexity index is 769. The van der Waals surface area contributed by atoms with E-state index < -0.39 is 5.54 Å². The molecule has 7 nitrogen and oxygen atoms in total. The first kappa shape index (κ1) is 17.6. The van der Waals surface area contributed by atoms with Gasteiger partial charge in [-0.05, 0) is 43.0 Å². The lowest BCUT2D eigenvalue weighted by molar-refractivity contribution is 0.165. The maximum Gasteiger partial charge on any atom is 0.250 e. The number of fused-ring (bicyclic) bond motifs is 1. The Morgan fingerprint density at radius 1 is 1.20 bits per heavy atom. The average Bonchev–Trinajstić information content (AvgIpc) is 3.06. The summed E-state index contributed by atoms with van der Waals surface area (Å²) in [5.41, 5.74) is 6.67. The van der Waals surface area contributed by atoms with Crippen molar-refractivity contribution in [2.75, 3.05) is 20.3 Å². The van der Waals surface area contributed by atoms with Gasteiger partial charge in [-0.25, -0.2) is 0 Å². The molecule has 25 heavy (non-hydrogen) atoms. The predicted molar refractivity (Wildman–Crippen MR) is 94.2 cm³/mol. The summed E-state index contributed by atoms with van der Waals surface area (Å²) in [6, 6.07) is 3.76. The van der Waals surface area contributed by atoms with Gasteiger partial charge in [0.15, 0.2) is 17.3 Å². The molecule has 1 fully saturated rings. The molecule has 4 rings (SSSR count). The van der Waals surface area contributed by atoms with Gasteiger partial charge in [0.25, 0.3) is 5.89 Å². The van der Waals surface area contributed by atoms with E-state index in [0.717, 1.165) is 24.8 Å². The highest BCUT2D eigenvalue weighted by Gasteiger charge is 2.38. The highest BCUT2D eigenvalue weighted by atomic mass is 35.5. The lowest BCUT2D eigenvalue weighted by Gasteiger charge is -2.34. The molecule has 2 heterocycles. The van der Waals surface area contributed by atoms with Gasteiger partial charge in [0.05, 0.1) is 12.6 Å². The molecule has 0 spiro atoms. The van der Waals surface area contributed by atoms with Crippen molar-refractivity contribution < 1.29 is 18.7 Å². The molecule has 0 amide bonds. The van der Waals surface area contributed by atoms with Crippen molar-refractivity contribution >= 4 is 24.6 Å². The second-order valence-corrected chi connectivity index (χ2v) is 6.05. The van der Waals surface area contributed by atoms with Crippen molar-refractivity contribution in [3.8, 4) is 17.2 Å². The summed E-state index contributed by atoms with van der Waals surface area (Å²) in [6.45, 7) is 1.04. The molecular formula is C17H20ClN3O4. The van der Waals surface area contributed by atoms with Crippen LogP contribution in [0.25, 0.3) is 12.2 Å². The molecule has 1 aliphatic heterocycles. The molecule has 0 atom stereocenters. The van der Waals surface area contributed by atoms with Crippen LogP contribution in [-0.4, -0.2) is 30.5 Å². The lowest BCUT2D eigenvalue weighted by atomic mass is 9.77. The minimum atomic E-state index is -0.421. The van der Waals surface area contributed by atoms with Gasteiger partial charge >= 0.3 is 0 Å². The molecule has 0 bridgehead atoms. The van der Waals surface area contributed by atoms with Gasteiger partial charge in [0, 0.05) is 6.08 Å². The zero-order valence-corrected chi connectivity index (χ0v) is 14.7. The van der Waals surface area contributed by atoms with Crippen LogP contribution in [0, 0.1) is 0 Å². The second-order valence-electron chi connectivity index (χ2n) is 6.05. The number of hydrogen-bond acceptors (Lipinski definition) is 7. The summed E-state index contributed by atoms with van der Waals surface area (Å²) in [6.07, 6.45) is 6.52. The Balaban J connectivity index is 0.00000182. The van der Waals surface area contributed by atoms with Gasteiger partial charge in [0.1, 0.15) is 13.2 Å². The van der Waals surface area contributed by atoms with Crippen LogP contribution in [0.5, 0.6) is 17.2 Å². The molecule has 1 aromatic carbocycles. The van der Waals surface area contributed by atoms with E-state index in [0.29, 0.717) is 42.2 Å². The molecule has 2 aromatic rings. The molecule has 1 aliphatic carbocycles. The molecule has 1 saturated carbocycles. The van der Waals surface area contributed by atoms with Crippen LogP contribution in [0.3, 0.4) is 0 Å². The number of methoxy groups -OCH3 is 1. The topological polar surface area (TPSA) is 92.6 Å². The highest BCUT2D eigenvalue weighted by molar-refractivity contribution is 5.85. The van der Waals surface area contributed by atoms with E-state index in [-0.39, 0.29) is 12.4 Å². The Kier molecular flexibility index (Phi) is 4.87. The zero-order valence-electron chi connectivity index (χ0n) is 13.9. The van der Waals surface area contributed by atoms with Crippen LogP contribution in [0.15, 0.2) is 16.7 Å². The number of rotatable bonds is 4. The van der Waals surface area contributed by atoms with Crippen molar-refractivity contribution in [2.45, 2.75) is 24.8 Å². The smallest absolute Gasteiger partial charge is 0.250 e. The van der Waals surface area contributed by atoms with Gasteiger partial charge in [-0.15, -0.1) is 12.4 Å². The second kappa shape index (κ2) is 6.93. The maximum atomic E-state index is 6.20. The summed E-state index contributed by atoms with van der Waals surface area (Å²) in [4.78, 5) is 4.37. The van der Waals surface area contributed by atoms with Crippen LogP contribution < -0.4 is 19.9 Å². The summed E-state index contributed by atoms with van der Waals surface area (Å²) < 4.78 is 21.8. The van der Waals surface area contributed by atoms with Gasteiger partial charge in [0.2, 0.25) is 5.75 Å². The Hall–Kier alpha value is -2.25. The van der Waals surface area contributed by atoms with E-state index in [1.54, 1.807) is 13.2 Å². The zero-order chi connectivity index (χ0) is 16.6. The molecule has 8 heteroatoms. The van der Waals surface area contributed by atoms with Crippen molar-refractivity contribution in [1.82, 2.24) is 10.1 Å². The Morgan fingerprint density at radius 2 is 2.00 bits per heavy atom. The molecule has 2 aliphatic rings. The fourth-order valence-corrected chi connectivity index (χ4v) is 2.84. The fraction of sp³-hybridized carbons (Fsp3) is 0.412. The number of aromatic nitrogens is 2. The number of hydrogen-bond donors (Lipinski definition) is 1. The molecule has 134 valence electrons. The first-order chi connectivity index (χ1) is 11.7. The fourth-order valence-electron chi connectivity index (χ4n) is 2.84. The van der Waals surface area contributed by atoms with Crippen LogP contribution in [0.4, 0.5) is 0 Å². The van der Waals surface area contributed by atoms with E-state index in [9.17, 15) is 0 Å². The van der Waals surface area contributed by atoms with Crippen LogP contribution >= 0.6 is 12.4 Å². The van der Waals surface area contributed by atoms with E-state index in [4.69, 9.17) is 24.5 Å². The summed E-state index contributed by atoms with van der Waals surface area (Å²) in [7, 11) is 1.60. The van der Waals surface area contributed by atoms with Crippen molar-refractivity contribution in [3.05, 3.63) is 29.4 Å². The number of halogens is 1. The normalized spacial score (nSPS) is 17.7. The van der Waals surface area contributed by atoms with Gasteiger partial charge in [-0.3, -0.25) is 0 Å². The average molecular weight is 366 g/mol. The number of benzene rings is 1. The Labute approximate surface area is 151 Å². The van der Waals surface area contributed by atoms with Crippen molar-refractivity contribution in [2.24, 2.45) is 5.73 Å². The molecule has 1 aromatic heterocycles. The maximum absolute atomic E-state index is 6.20. The lowest BCUT2D eigenvalue weighted by Crippen LogP contribution is -2.44. The van der Waals surface area contributed by atoms with Crippen LogP contribution in [-0.2, 0) is 5.54 Å². The first-order valence-corrected chi connectivity index (χ1v) is 7.97. The minimum absolute atomic E-state index is 0. The standard InChI is InChI=1S/C17H19N3O4.ClH/c1-21-12-9-11(10-13-15(12)23-8-7-22-13)3-4-14-19-16(20-24-14)17(18)5-2-6-17;/h3-4,9-10H,2,5-8,18H2,1H3;1H/b4-3+;. The van der Waals surface area contributed by atoms with Crippen molar-refractivity contribution in [1.29, 1.82) is 0 Å². The Morgan fingerprint density at radius 3 is 2.72 bits per heavy atom. The van der Waals surface area contributed by atoms with E-state index in [1.165, 1.54) is 0 Å². The van der Waals surface area contributed by atoms with Gasteiger partial charge in [-0.1, -0.05) is 5.16 Å². The highest BCUT2D eigenvalue weighted by Crippen LogP contribution is 2.41. The van der Waals surface area contributed by atoms with Gasteiger partial charge in [-0.2, -0.15) is 4.98 Å². The third kappa shape index (κ3) is 3.29. The predicted octanol–water partition coefficient (Wildman–Crippen LogP) is 2.78. The van der Waals surface area contributed by atoms with Crippen LogP contribution in [0.1, 0.15) is 36.5 Å². The third-order valence-corrected chi connectivity index (χ3v) is 4.40. The van der Waals surface area contributed by atoms with Gasteiger partial charge < -0.3 is 24.5 Å². The first-order valence-electron chi connectivity index (χ1n) is 7.97. The van der Waals surface area contributed by atoms with E-state index in [1.807, 2.05) is 18.2 Å². The third-order valence-electron chi connectivity index (χ3n) is 4.40. The molecule has 0 radical (unpaired) electrons. The quantitative estimate of drug-likeness (QED) is 0.890. The summed E-state index contributed by atoms with van der Waals surface area (Å²) in [5.74, 6) is 2.94. The molecule has 0 saturated heterocycles. The number of ether oxygens (including phenoxy) is 3. The van der Waals surface area contributed by atoms with E-state index >= 15 is 0 Å². The van der Waals surface area contributed by atoms with E-state index in [2.05, 4.69) is 10.1 Å². The monoisotopic (exact) mass is 365 g/mol. The molecule has 2 N–H and O–H groups in total. The summed E-state index contributed by atoms with van der Waals surface area (Å²) >= 11 is 0. The number of nitrogens with two attached hydrogens (primary N) is 1. The minimum Gasteiger partial charge on any atom is -0.493 e. The number of nitrogens with zero attached hydrogens (tertiary/aromatic N) is 2.